The predicted octanol–water partition coefficient (Wildman–Crippen LogP) is 9.75. The lowest BCUT2D eigenvalue weighted by Crippen LogP contribution is -2.51. The van der Waals surface area contributed by atoms with Crippen molar-refractivity contribution < 1.29 is 42.5 Å². The predicted molar refractivity (Wildman–Crippen MR) is 270 cm³/mol. The smallest absolute Gasteiger partial charge is 0.407 e. The maximum Gasteiger partial charge on any atom is 0.407 e. The number of carbonyl (C=O) groups excluding carboxylic acids is 4. The number of imidazole rings is 2. The number of aromatic nitrogens is 5. The van der Waals surface area contributed by atoms with Gasteiger partial charge in [-0.25, -0.2) is 23.9 Å². The van der Waals surface area contributed by atoms with E-state index in [2.05, 4.69) is 56.3 Å². The molecular formula is C52H66FN9O8S. The quantitative estimate of drug-likeness (QED) is 0.0724. The van der Waals surface area contributed by atoms with Crippen LogP contribution in [0.1, 0.15) is 108 Å². The number of alkyl carbamates (subject to hydrolysis) is 2. The zero-order valence-electron chi connectivity index (χ0n) is 42.2. The van der Waals surface area contributed by atoms with Crippen molar-refractivity contribution >= 4 is 46.2 Å². The molecule has 4 aromatic heterocycles. The number of nitrogens with one attached hydrogen (secondary N) is 4. The second kappa shape index (κ2) is 22.6. The Labute approximate surface area is 417 Å². The molecule has 3 unspecified atom stereocenters. The van der Waals surface area contributed by atoms with Crippen LogP contribution in [0.25, 0.3) is 44.7 Å². The van der Waals surface area contributed by atoms with Crippen LogP contribution in [0, 0.1) is 11.7 Å². The average Bonchev–Trinajstić information content (AvgIpc) is 4.22. The first-order valence-corrected chi connectivity index (χ1v) is 25.0. The molecule has 0 spiro atoms. The molecule has 0 bridgehead atoms. The monoisotopic (exact) mass is 995 g/mol. The van der Waals surface area contributed by atoms with E-state index in [0.717, 1.165) is 38.3 Å². The van der Waals surface area contributed by atoms with Crippen LogP contribution in [0.3, 0.4) is 0 Å². The number of rotatable bonds is 16. The van der Waals surface area contributed by atoms with Gasteiger partial charge in [0.05, 0.1) is 77.8 Å². The van der Waals surface area contributed by atoms with E-state index in [-0.39, 0.29) is 42.5 Å². The summed E-state index contributed by atoms with van der Waals surface area (Å²) in [5.41, 5.74) is 4.07. The Morgan fingerprint density at radius 1 is 0.958 bits per heavy atom. The molecule has 17 nitrogen and oxygen atoms in total. The summed E-state index contributed by atoms with van der Waals surface area (Å²) in [4.78, 5) is 72.0. The lowest BCUT2D eigenvalue weighted by atomic mass is 10.0. The highest BCUT2D eigenvalue weighted by Gasteiger charge is 2.38. The summed E-state index contributed by atoms with van der Waals surface area (Å²) < 4.78 is 40.9. The number of halogens is 1. The van der Waals surface area contributed by atoms with Gasteiger partial charge >= 0.3 is 12.2 Å². The van der Waals surface area contributed by atoms with Crippen molar-refractivity contribution in [3.8, 4) is 39.5 Å². The number of hydrogen-bond donors (Lipinski definition) is 4. The van der Waals surface area contributed by atoms with E-state index in [1.807, 2.05) is 69.5 Å². The average molecular weight is 996 g/mol. The second-order valence-electron chi connectivity index (χ2n) is 18.8. The Bertz CT molecular complexity index is 2850. The Balaban J connectivity index is 0.00000241. The number of nitrogens with zero attached hydrogens (tertiary/aromatic N) is 5. The van der Waals surface area contributed by atoms with E-state index in [1.165, 1.54) is 26.7 Å². The molecule has 2 aliphatic heterocycles. The lowest BCUT2D eigenvalue weighted by Gasteiger charge is -2.30. The molecule has 4 N–H and O–H groups in total. The summed E-state index contributed by atoms with van der Waals surface area (Å²) in [6.45, 7) is 14.9. The number of likely N-dealkylation sites (tertiary alicyclic amines) is 1. The fourth-order valence-electron chi connectivity index (χ4n) is 8.91. The molecule has 2 aliphatic rings. The second-order valence-corrected chi connectivity index (χ2v) is 20.0. The fourth-order valence-corrected chi connectivity index (χ4v) is 10.2. The number of methoxy groups -OCH3 is 3. The van der Waals surface area contributed by atoms with Gasteiger partial charge in [0.25, 0.3) is 0 Å². The van der Waals surface area contributed by atoms with Gasteiger partial charge in [0.15, 0.2) is 0 Å². The van der Waals surface area contributed by atoms with Crippen molar-refractivity contribution in [3.63, 3.8) is 0 Å². The van der Waals surface area contributed by atoms with E-state index in [9.17, 15) is 19.2 Å². The molecule has 19 heteroatoms. The maximum absolute atomic E-state index is 16.8. The Kier molecular flexibility index (Phi) is 16.6. The number of carbonyl (C=O) groups is 4. The number of H-pyrrole nitrogens is 2. The van der Waals surface area contributed by atoms with Crippen LogP contribution in [-0.4, -0.2) is 111 Å². The molecule has 0 radical (unpaired) electrons. The van der Waals surface area contributed by atoms with Gasteiger partial charge in [0.1, 0.15) is 35.8 Å². The highest BCUT2D eigenvalue weighted by molar-refractivity contribution is 7.12. The number of benzene rings is 2. The molecule has 0 saturated carbocycles. The molecular weight excluding hydrogens is 930 g/mol. The van der Waals surface area contributed by atoms with Crippen LogP contribution in [0.2, 0.25) is 0 Å². The first-order valence-electron chi connectivity index (χ1n) is 24.2. The molecule has 6 heterocycles. The number of fused-ring (bicyclic) bond motifs is 5. The number of amides is 4. The third-order valence-corrected chi connectivity index (χ3v) is 13.7. The molecule has 4 amide bonds. The summed E-state index contributed by atoms with van der Waals surface area (Å²) in [7, 11) is 4.21. The third kappa shape index (κ3) is 11.6. The number of ether oxygens (including phenoxy) is 4. The standard InChI is InChI=1S/C49H58FN9O8S.C3H8/c1-9-16-57(41(60)25-53-47(62)64-6)26-40-51-23-34(54-40)29-19-32(50)42-37-20-30-18-28(33-24-52-44(55-33)36-11-10-17-58(36)45(61)43(27(2)3)56-48(63)65-7)12-14-35(30)59(37)46(67-38(42)21-29)39-15-13-31(68-39)22-49(4,5)66-8;1-3-2/h12-15,18-21,23-24,27,36,43,46H,9-11,16-17,22,25-26H2,1-8H3,(H,51,54)(H,52,55)(H,53,62)(H,56,63);3H2,1-2H3. The van der Waals surface area contributed by atoms with Gasteiger partial charge in [-0.05, 0) is 81.5 Å². The van der Waals surface area contributed by atoms with Crippen LogP contribution in [0.4, 0.5) is 14.0 Å². The molecule has 0 aliphatic carbocycles. The first-order chi connectivity index (χ1) is 34.0. The van der Waals surface area contributed by atoms with Gasteiger partial charge in [0, 0.05) is 48.0 Å². The minimum Gasteiger partial charge on any atom is -0.464 e. The molecule has 3 atom stereocenters. The highest BCUT2D eigenvalue weighted by Crippen LogP contribution is 2.48. The normalized spacial score (nSPS) is 15.6. The lowest BCUT2D eigenvalue weighted by molar-refractivity contribution is -0.135. The summed E-state index contributed by atoms with van der Waals surface area (Å²) in [6.07, 6.45) is 5.50. The molecule has 1 fully saturated rings. The van der Waals surface area contributed by atoms with Crippen molar-refractivity contribution in [1.82, 2.24) is 44.9 Å². The zero-order chi connectivity index (χ0) is 51.1. The first kappa shape index (κ1) is 52.1. The molecule has 6 aromatic rings. The van der Waals surface area contributed by atoms with E-state index in [0.29, 0.717) is 72.3 Å². The van der Waals surface area contributed by atoms with Crippen LogP contribution >= 0.6 is 11.3 Å². The van der Waals surface area contributed by atoms with Crippen molar-refractivity contribution in [1.29, 1.82) is 0 Å². The van der Waals surface area contributed by atoms with Gasteiger partial charge in [-0.2, -0.15) is 0 Å². The van der Waals surface area contributed by atoms with E-state index < -0.39 is 30.3 Å². The molecule has 1 saturated heterocycles. The Morgan fingerprint density at radius 2 is 1.69 bits per heavy atom. The largest absolute Gasteiger partial charge is 0.464 e. The van der Waals surface area contributed by atoms with Crippen LogP contribution in [-0.2, 0) is 36.8 Å². The molecule has 380 valence electrons. The number of aromatic amines is 2. The van der Waals surface area contributed by atoms with Crippen molar-refractivity contribution in [2.45, 2.75) is 111 Å². The third-order valence-electron chi connectivity index (χ3n) is 12.5. The minimum atomic E-state index is -0.749. The summed E-state index contributed by atoms with van der Waals surface area (Å²) in [5, 5.41) is 5.99. The molecule has 8 rings (SSSR count). The summed E-state index contributed by atoms with van der Waals surface area (Å²) in [6, 6.07) is 14.4. The summed E-state index contributed by atoms with van der Waals surface area (Å²) in [5.74, 6) is 0.362. The van der Waals surface area contributed by atoms with E-state index >= 15 is 4.39 Å². The number of hydrogen-bond acceptors (Lipinski definition) is 11. The van der Waals surface area contributed by atoms with Crippen LogP contribution in [0.15, 0.2) is 60.9 Å². The van der Waals surface area contributed by atoms with E-state index in [4.69, 9.17) is 19.2 Å². The molecule has 71 heavy (non-hydrogen) atoms. The fraction of sp³-hybridized carbons (Fsp3) is 0.462. The SMILES string of the molecule is CCC.CCCN(Cc1ncc(-c2cc(F)c3c(c2)OC(c2ccc(CC(C)(C)OC)s2)n2c-3cc3cc(-c4cnc(C5CCCN5C(=O)C(NC(=O)OC)C(C)C)[nH]4)ccc32)[nH]1)C(=O)CNC(=O)OC. The topological polar surface area (TPSA) is 198 Å². The van der Waals surface area contributed by atoms with Gasteiger partial charge in [-0.1, -0.05) is 47.1 Å². The van der Waals surface area contributed by atoms with Crippen molar-refractivity contribution in [3.05, 3.63) is 88.1 Å². The highest BCUT2D eigenvalue weighted by atomic mass is 32.1. The van der Waals surface area contributed by atoms with Gasteiger partial charge in [-0.3, -0.25) is 14.2 Å². The van der Waals surface area contributed by atoms with Gasteiger partial charge in [0.2, 0.25) is 18.0 Å². The Hall–Kier alpha value is -6.73. The Morgan fingerprint density at radius 3 is 2.39 bits per heavy atom. The van der Waals surface area contributed by atoms with Gasteiger partial charge in [-0.15, -0.1) is 11.3 Å². The van der Waals surface area contributed by atoms with Crippen molar-refractivity contribution in [2.24, 2.45) is 5.92 Å². The summed E-state index contributed by atoms with van der Waals surface area (Å²) >= 11 is 1.62. The van der Waals surface area contributed by atoms with Crippen molar-refractivity contribution in [2.75, 3.05) is 41.0 Å². The number of thiophene rings is 1. The van der Waals surface area contributed by atoms with Crippen LogP contribution in [0.5, 0.6) is 5.75 Å². The van der Waals surface area contributed by atoms with E-state index in [1.54, 1.807) is 40.6 Å². The zero-order valence-corrected chi connectivity index (χ0v) is 43.1. The minimum absolute atomic E-state index is 0.150. The van der Waals surface area contributed by atoms with Gasteiger partial charge < -0.3 is 49.3 Å². The maximum atomic E-state index is 16.8. The van der Waals surface area contributed by atoms with Crippen LogP contribution < -0.4 is 15.4 Å². The molecule has 2 aromatic carbocycles.